The number of halogens is 9. The maximum atomic E-state index is 14.1. The molecule has 9 heteroatoms. The molecule has 0 unspecified atom stereocenters. The summed E-state index contributed by atoms with van der Waals surface area (Å²) in [5.41, 5.74) is -6.40. The van der Waals surface area contributed by atoms with E-state index in [0.29, 0.717) is 22.8 Å². The van der Waals surface area contributed by atoms with Gasteiger partial charge in [-0.25, -0.2) is 4.39 Å². The molecule has 0 saturated carbocycles. The van der Waals surface area contributed by atoms with Crippen LogP contribution in [0.25, 0.3) is 0 Å². The van der Waals surface area contributed by atoms with Gasteiger partial charge in [-0.05, 0) is 24.0 Å². The maximum Gasteiger partial charge on any atom is 0.435 e. The minimum atomic E-state index is -6.09. The van der Waals surface area contributed by atoms with Gasteiger partial charge in [0.2, 0.25) is 0 Å². The van der Waals surface area contributed by atoms with E-state index in [1.165, 1.54) is 6.07 Å². The van der Waals surface area contributed by atoms with Crippen LogP contribution >= 0.6 is 31.9 Å². The van der Waals surface area contributed by atoms with Gasteiger partial charge in [0.25, 0.3) is 0 Å². The summed E-state index contributed by atoms with van der Waals surface area (Å²) in [6, 6.07) is 2.72. The van der Waals surface area contributed by atoms with Crippen molar-refractivity contribution in [3.8, 4) is 0 Å². The van der Waals surface area contributed by atoms with Gasteiger partial charge < -0.3 is 0 Å². The van der Waals surface area contributed by atoms with Crippen LogP contribution in [0, 0.1) is 0 Å². The van der Waals surface area contributed by atoms with Crippen LogP contribution in [-0.4, -0.2) is 23.0 Å². The van der Waals surface area contributed by atoms with E-state index < -0.39 is 23.6 Å². The second kappa shape index (κ2) is 7.07. The Kier molecular flexibility index (Phi) is 6.34. The predicted octanol–water partition coefficient (Wildman–Crippen LogP) is 5.85. The van der Waals surface area contributed by atoms with Crippen molar-refractivity contribution in [2.24, 2.45) is 0 Å². The van der Waals surface area contributed by atoms with Crippen molar-refractivity contribution in [1.82, 2.24) is 0 Å². The molecule has 0 heterocycles. The molecular weight excluding hydrogens is 449 g/mol. The molecule has 1 aromatic carbocycles. The van der Waals surface area contributed by atoms with E-state index in [2.05, 4.69) is 31.9 Å². The van der Waals surface area contributed by atoms with E-state index >= 15 is 0 Å². The van der Waals surface area contributed by atoms with Crippen LogP contribution in [-0.2, 0) is 18.5 Å². The van der Waals surface area contributed by atoms with Gasteiger partial charge >= 0.3 is 18.0 Å². The zero-order chi connectivity index (χ0) is 17.2. The molecule has 0 aliphatic heterocycles. The lowest BCUT2D eigenvalue weighted by Gasteiger charge is -2.31. The van der Waals surface area contributed by atoms with E-state index in [1.54, 1.807) is 0 Å². The zero-order valence-electron chi connectivity index (χ0n) is 11.0. The Labute approximate surface area is 139 Å². The largest absolute Gasteiger partial charge is 0.435 e. The fourth-order valence-corrected chi connectivity index (χ4v) is 2.87. The Hall–Kier alpha value is -0.310. The van der Waals surface area contributed by atoms with Crippen LogP contribution in [0.15, 0.2) is 18.2 Å². The summed E-state index contributed by atoms with van der Waals surface area (Å²) in [7, 11) is 0. The third-order valence-corrected chi connectivity index (χ3v) is 3.79. The normalized spacial score (nSPS) is 13.5. The molecule has 0 atom stereocenters. The molecule has 0 fully saturated rings. The maximum absolute atomic E-state index is 14.1. The summed E-state index contributed by atoms with van der Waals surface area (Å²) in [4.78, 5) is 0. The Morgan fingerprint density at radius 3 is 1.32 bits per heavy atom. The molecule has 0 aromatic heterocycles. The summed E-state index contributed by atoms with van der Waals surface area (Å²) < 4.78 is 91.0. The average Bonchev–Trinajstić information content (AvgIpc) is 2.35. The van der Waals surface area contributed by atoms with Gasteiger partial charge in [0.05, 0.1) is 0 Å². The minimum absolute atomic E-state index is 0.189. The van der Waals surface area contributed by atoms with Crippen molar-refractivity contribution in [1.29, 1.82) is 0 Å². The lowest BCUT2D eigenvalue weighted by Crippen LogP contribution is -2.50. The van der Waals surface area contributed by atoms with E-state index in [1.807, 2.05) is 0 Å². The lowest BCUT2D eigenvalue weighted by molar-refractivity contribution is -0.348. The molecule has 1 rings (SSSR count). The Bertz CT molecular complexity index is 470. The summed E-state index contributed by atoms with van der Waals surface area (Å²) in [6.07, 6.45) is -11.8. The van der Waals surface area contributed by atoms with E-state index in [-0.39, 0.29) is 24.0 Å². The van der Waals surface area contributed by atoms with Crippen molar-refractivity contribution < 1.29 is 30.7 Å². The highest BCUT2D eigenvalue weighted by atomic mass is 79.9. The molecule has 0 amide bonds. The Balaban J connectivity index is 3.54. The number of benzene rings is 1. The first kappa shape index (κ1) is 19.7. The van der Waals surface area contributed by atoms with Gasteiger partial charge in [0.15, 0.2) is 0 Å². The van der Waals surface area contributed by atoms with Gasteiger partial charge in [0.1, 0.15) is 0 Å². The molecule has 0 N–H and O–H groups in total. The summed E-state index contributed by atoms with van der Waals surface area (Å²) in [5.74, 6) is 0. The highest BCUT2D eigenvalue weighted by Gasteiger charge is 2.73. The molecule has 22 heavy (non-hydrogen) atoms. The van der Waals surface area contributed by atoms with Crippen LogP contribution < -0.4 is 0 Å². The molecule has 0 bridgehead atoms. The molecule has 0 spiro atoms. The van der Waals surface area contributed by atoms with E-state index in [9.17, 15) is 30.7 Å². The van der Waals surface area contributed by atoms with Crippen LogP contribution in [0.1, 0.15) is 16.7 Å². The standard InChI is InChI=1S/C13H11Br2F7/c14-3-1-8-5-9(2-4-15)7-10(6-8)11(16,12(17,18)19)13(20,21)22/h5-7H,1-4H2. The topological polar surface area (TPSA) is 0 Å². The lowest BCUT2D eigenvalue weighted by atomic mass is 9.90. The number of aryl methyl sites for hydroxylation is 2. The third-order valence-electron chi connectivity index (χ3n) is 3.00. The summed E-state index contributed by atoms with van der Waals surface area (Å²) >= 11 is 6.11. The van der Waals surface area contributed by atoms with Crippen molar-refractivity contribution >= 4 is 31.9 Å². The number of alkyl halides is 9. The molecular formula is C13H11Br2F7. The fourth-order valence-electron chi connectivity index (χ4n) is 1.96. The van der Waals surface area contributed by atoms with Crippen molar-refractivity contribution in [3.05, 3.63) is 34.9 Å². The van der Waals surface area contributed by atoms with Crippen molar-refractivity contribution in [2.45, 2.75) is 30.9 Å². The van der Waals surface area contributed by atoms with Gasteiger partial charge in [0, 0.05) is 16.2 Å². The molecule has 0 aliphatic rings. The summed E-state index contributed by atoms with van der Waals surface area (Å²) in [5, 5.41) is 0.670. The molecule has 1 aromatic rings. The first-order valence-electron chi connectivity index (χ1n) is 6.05. The van der Waals surface area contributed by atoms with Crippen LogP contribution in [0.5, 0.6) is 0 Å². The second-order valence-electron chi connectivity index (χ2n) is 4.57. The van der Waals surface area contributed by atoms with Crippen LogP contribution in [0.2, 0.25) is 0 Å². The zero-order valence-corrected chi connectivity index (χ0v) is 14.1. The summed E-state index contributed by atoms with van der Waals surface area (Å²) in [6.45, 7) is 0. The SMILES string of the molecule is FC(F)(F)C(F)(c1cc(CCBr)cc(CCBr)c1)C(F)(F)F. The molecule has 0 aliphatic carbocycles. The first-order valence-corrected chi connectivity index (χ1v) is 8.29. The molecule has 0 nitrogen and oxygen atoms in total. The predicted molar refractivity (Wildman–Crippen MR) is 76.3 cm³/mol. The van der Waals surface area contributed by atoms with E-state index in [4.69, 9.17) is 0 Å². The van der Waals surface area contributed by atoms with Gasteiger partial charge in [-0.1, -0.05) is 50.1 Å². The molecule has 126 valence electrons. The number of rotatable bonds is 5. The molecule has 0 saturated heterocycles. The fraction of sp³-hybridized carbons (Fsp3) is 0.538. The minimum Gasteiger partial charge on any atom is -0.218 e. The van der Waals surface area contributed by atoms with E-state index in [0.717, 1.165) is 0 Å². The average molecular weight is 460 g/mol. The van der Waals surface area contributed by atoms with Gasteiger partial charge in [-0.2, -0.15) is 26.3 Å². The van der Waals surface area contributed by atoms with Crippen molar-refractivity contribution in [3.63, 3.8) is 0 Å². The Morgan fingerprint density at radius 1 is 0.682 bits per heavy atom. The third kappa shape index (κ3) is 3.96. The van der Waals surface area contributed by atoms with Gasteiger partial charge in [-0.15, -0.1) is 0 Å². The Morgan fingerprint density at radius 2 is 1.05 bits per heavy atom. The first-order chi connectivity index (χ1) is 9.97. The number of hydrogen-bond acceptors (Lipinski definition) is 0. The van der Waals surface area contributed by atoms with Crippen LogP contribution in [0.4, 0.5) is 30.7 Å². The smallest absolute Gasteiger partial charge is 0.218 e. The van der Waals surface area contributed by atoms with Crippen molar-refractivity contribution in [2.75, 3.05) is 10.7 Å². The van der Waals surface area contributed by atoms with Crippen LogP contribution in [0.3, 0.4) is 0 Å². The highest BCUT2D eigenvalue weighted by Crippen LogP contribution is 2.53. The second-order valence-corrected chi connectivity index (χ2v) is 6.16. The number of hydrogen-bond donors (Lipinski definition) is 0. The quantitative estimate of drug-likeness (QED) is 0.382. The monoisotopic (exact) mass is 458 g/mol. The van der Waals surface area contributed by atoms with Gasteiger partial charge in [-0.3, -0.25) is 0 Å². The highest BCUT2D eigenvalue weighted by molar-refractivity contribution is 9.09. The molecule has 0 radical (unpaired) electrons.